The van der Waals surface area contributed by atoms with Crippen molar-refractivity contribution in [2.75, 3.05) is 23.4 Å². The summed E-state index contributed by atoms with van der Waals surface area (Å²) >= 11 is 0. The third-order valence-corrected chi connectivity index (χ3v) is 5.17. The lowest BCUT2D eigenvalue weighted by molar-refractivity contribution is -0.119. The van der Waals surface area contributed by atoms with Gasteiger partial charge in [-0.05, 0) is 67.6 Å². The molecule has 0 radical (unpaired) electrons. The van der Waals surface area contributed by atoms with Crippen molar-refractivity contribution in [2.45, 2.75) is 6.92 Å². The fraction of sp³-hybridized carbons (Fsp3) is 0.115. The van der Waals surface area contributed by atoms with Crippen LogP contribution in [0.2, 0.25) is 0 Å². The summed E-state index contributed by atoms with van der Waals surface area (Å²) in [6.07, 6.45) is 0. The highest BCUT2D eigenvalue weighted by Crippen LogP contribution is 2.28. The van der Waals surface area contributed by atoms with Crippen molar-refractivity contribution >= 4 is 41.0 Å². The number of fused-ring (bicyclic) bond motifs is 1. The monoisotopic (exact) mass is 472 g/mol. The van der Waals surface area contributed by atoms with E-state index in [9.17, 15) is 24.0 Å². The number of amides is 3. The molecular formula is C26H20N2O7. The Hall–Kier alpha value is -4.79. The van der Waals surface area contributed by atoms with Crippen molar-refractivity contribution in [3.05, 3.63) is 95.1 Å². The molecule has 0 saturated heterocycles. The molecule has 9 nitrogen and oxygen atoms in total. The number of rotatable bonds is 7. The van der Waals surface area contributed by atoms with Crippen LogP contribution >= 0.6 is 0 Å². The van der Waals surface area contributed by atoms with Gasteiger partial charge in [0.05, 0.1) is 34.5 Å². The number of esters is 2. The molecule has 3 aromatic rings. The Bertz CT molecular complexity index is 1280. The second-order valence-corrected chi connectivity index (χ2v) is 7.46. The van der Waals surface area contributed by atoms with Crippen molar-refractivity contribution in [3.8, 4) is 0 Å². The molecular weight excluding hydrogens is 452 g/mol. The maximum absolute atomic E-state index is 12.6. The van der Waals surface area contributed by atoms with E-state index in [-0.39, 0.29) is 12.2 Å². The summed E-state index contributed by atoms with van der Waals surface area (Å²) in [7, 11) is 0. The number of carbonyl (C=O) groups is 5. The van der Waals surface area contributed by atoms with E-state index in [1.165, 1.54) is 48.5 Å². The SMILES string of the molecule is CCOC(=O)c1ccc(NC(=O)COC(=O)c2ccc(N3C(=O)c4ccccc4C3=O)cc2)cc1. The van der Waals surface area contributed by atoms with Crippen LogP contribution in [-0.2, 0) is 14.3 Å². The van der Waals surface area contributed by atoms with Crippen molar-refractivity contribution in [1.82, 2.24) is 0 Å². The third-order valence-electron chi connectivity index (χ3n) is 5.17. The summed E-state index contributed by atoms with van der Waals surface area (Å²) in [5, 5.41) is 2.56. The largest absolute Gasteiger partial charge is 0.462 e. The minimum Gasteiger partial charge on any atom is -0.462 e. The second kappa shape index (κ2) is 10.0. The molecule has 35 heavy (non-hydrogen) atoms. The van der Waals surface area contributed by atoms with Crippen LogP contribution in [0.5, 0.6) is 0 Å². The number of anilines is 2. The molecule has 0 unspecified atom stereocenters. The molecule has 3 amide bonds. The summed E-state index contributed by atoms with van der Waals surface area (Å²) in [5.41, 5.74) is 1.88. The normalized spacial score (nSPS) is 12.2. The number of benzene rings is 3. The van der Waals surface area contributed by atoms with Gasteiger partial charge in [-0.25, -0.2) is 14.5 Å². The predicted molar refractivity (Wildman–Crippen MR) is 125 cm³/mol. The lowest BCUT2D eigenvalue weighted by Crippen LogP contribution is -2.29. The van der Waals surface area contributed by atoms with Crippen LogP contribution in [0.25, 0.3) is 0 Å². The van der Waals surface area contributed by atoms with Gasteiger partial charge in [-0.2, -0.15) is 0 Å². The highest BCUT2D eigenvalue weighted by Gasteiger charge is 2.36. The molecule has 3 aromatic carbocycles. The number of imide groups is 1. The van der Waals surface area contributed by atoms with Crippen molar-refractivity contribution < 1.29 is 33.4 Å². The molecule has 1 aliphatic rings. The quantitative estimate of drug-likeness (QED) is 0.413. The van der Waals surface area contributed by atoms with Gasteiger partial charge in [-0.1, -0.05) is 12.1 Å². The van der Waals surface area contributed by atoms with E-state index in [2.05, 4.69) is 5.32 Å². The molecule has 0 saturated carbocycles. The molecule has 0 aliphatic carbocycles. The first-order valence-corrected chi connectivity index (χ1v) is 10.7. The zero-order valence-electron chi connectivity index (χ0n) is 18.6. The van der Waals surface area contributed by atoms with Crippen LogP contribution in [0.1, 0.15) is 48.4 Å². The van der Waals surface area contributed by atoms with Gasteiger partial charge in [0.2, 0.25) is 0 Å². The van der Waals surface area contributed by atoms with Gasteiger partial charge in [0, 0.05) is 5.69 Å². The highest BCUT2D eigenvalue weighted by molar-refractivity contribution is 6.34. The number of nitrogens with one attached hydrogen (secondary N) is 1. The van der Waals surface area contributed by atoms with Gasteiger partial charge in [0.1, 0.15) is 0 Å². The molecule has 176 valence electrons. The van der Waals surface area contributed by atoms with Gasteiger partial charge < -0.3 is 14.8 Å². The first-order valence-electron chi connectivity index (χ1n) is 10.7. The fourth-order valence-electron chi connectivity index (χ4n) is 3.49. The maximum Gasteiger partial charge on any atom is 0.338 e. The molecule has 0 aromatic heterocycles. The van der Waals surface area contributed by atoms with E-state index in [0.717, 1.165) is 4.90 Å². The van der Waals surface area contributed by atoms with Crippen LogP contribution < -0.4 is 10.2 Å². The van der Waals surface area contributed by atoms with E-state index in [0.29, 0.717) is 28.1 Å². The maximum atomic E-state index is 12.6. The molecule has 0 spiro atoms. The Labute approximate surface area is 200 Å². The Morgan fingerprint density at radius 1 is 0.743 bits per heavy atom. The minimum absolute atomic E-state index is 0.150. The average Bonchev–Trinajstić information content (AvgIpc) is 3.13. The topological polar surface area (TPSA) is 119 Å². The van der Waals surface area contributed by atoms with E-state index >= 15 is 0 Å². The zero-order chi connectivity index (χ0) is 24.9. The summed E-state index contributed by atoms with van der Waals surface area (Å²) in [6, 6.07) is 18.4. The third kappa shape index (κ3) is 4.93. The van der Waals surface area contributed by atoms with Crippen LogP contribution in [0, 0.1) is 0 Å². The standard InChI is InChI=1S/C26H20N2O7/c1-2-34-25(32)16-7-11-18(12-8-16)27-22(29)15-35-26(33)17-9-13-19(14-10-17)28-23(30)20-5-3-4-6-21(20)24(28)31/h3-14H,2,15H2,1H3,(H,27,29). The van der Waals surface area contributed by atoms with Crippen molar-refractivity contribution in [2.24, 2.45) is 0 Å². The predicted octanol–water partition coefficient (Wildman–Crippen LogP) is 3.46. The van der Waals surface area contributed by atoms with Crippen LogP contribution in [0.3, 0.4) is 0 Å². The Morgan fingerprint density at radius 2 is 1.26 bits per heavy atom. The molecule has 0 fully saturated rings. The summed E-state index contributed by atoms with van der Waals surface area (Å²) in [6.45, 7) is 1.43. The number of hydrogen-bond acceptors (Lipinski definition) is 7. The number of hydrogen-bond donors (Lipinski definition) is 1. The van der Waals surface area contributed by atoms with Crippen molar-refractivity contribution in [3.63, 3.8) is 0 Å². The van der Waals surface area contributed by atoms with E-state index < -0.39 is 36.3 Å². The summed E-state index contributed by atoms with van der Waals surface area (Å²) in [5.74, 6) is -2.65. The van der Waals surface area contributed by atoms with Crippen LogP contribution in [0.15, 0.2) is 72.8 Å². The summed E-state index contributed by atoms with van der Waals surface area (Å²) in [4.78, 5) is 62.3. The second-order valence-electron chi connectivity index (χ2n) is 7.46. The number of ether oxygens (including phenoxy) is 2. The minimum atomic E-state index is -0.744. The van der Waals surface area contributed by atoms with Crippen LogP contribution in [0.4, 0.5) is 11.4 Å². The first-order chi connectivity index (χ1) is 16.9. The van der Waals surface area contributed by atoms with E-state index in [1.54, 1.807) is 31.2 Å². The van der Waals surface area contributed by atoms with Gasteiger partial charge in [-0.15, -0.1) is 0 Å². The molecule has 1 N–H and O–H groups in total. The molecule has 4 rings (SSSR count). The van der Waals surface area contributed by atoms with Gasteiger partial charge in [0.15, 0.2) is 6.61 Å². The molecule has 0 bridgehead atoms. The average molecular weight is 472 g/mol. The van der Waals surface area contributed by atoms with Gasteiger partial charge >= 0.3 is 11.9 Å². The number of carbonyl (C=O) groups excluding carboxylic acids is 5. The lowest BCUT2D eigenvalue weighted by atomic mass is 10.1. The zero-order valence-corrected chi connectivity index (χ0v) is 18.6. The highest BCUT2D eigenvalue weighted by atomic mass is 16.5. The van der Waals surface area contributed by atoms with Gasteiger partial charge in [-0.3, -0.25) is 14.4 Å². The Morgan fingerprint density at radius 3 is 1.80 bits per heavy atom. The fourth-order valence-corrected chi connectivity index (χ4v) is 3.49. The van der Waals surface area contributed by atoms with E-state index in [4.69, 9.17) is 9.47 Å². The van der Waals surface area contributed by atoms with E-state index in [1.807, 2.05) is 0 Å². The first kappa shape index (κ1) is 23.4. The van der Waals surface area contributed by atoms with Gasteiger partial charge in [0.25, 0.3) is 17.7 Å². The molecule has 1 aliphatic heterocycles. The Kier molecular flexibility index (Phi) is 6.68. The lowest BCUT2D eigenvalue weighted by Gasteiger charge is -2.14. The molecule has 1 heterocycles. The molecule has 0 atom stereocenters. The number of nitrogens with zero attached hydrogens (tertiary/aromatic N) is 1. The summed E-state index contributed by atoms with van der Waals surface area (Å²) < 4.78 is 9.94. The Balaban J connectivity index is 1.32. The smallest absolute Gasteiger partial charge is 0.338 e. The van der Waals surface area contributed by atoms with Crippen molar-refractivity contribution in [1.29, 1.82) is 0 Å². The molecule has 9 heteroatoms. The van der Waals surface area contributed by atoms with Crippen LogP contribution in [-0.4, -0.2) is 42.9 Å².